The summed E-state index contributed by atoms with van der Waals surface area (Å²) >= 11 is 0. The minimum atomic E-state index is -0.791. The second-order valence-electron chi connectivity index (χ2n) is 6.60. The van der Waals surface area contributed by atoms with Crippen molar-refractivity contribution in [1.29, 1.82) is 0 Å². The SMILES string of the molecule is O=C(O)C1CN(C(=O)OCc2ccccc2)CC1C1CCCC1. The molecule has 2 unspecified atom stereocenters. The molecule has 0 radical (unpaired) electrons. The van der Waals surface area contributed by atoms with Gasteiger partial charge in [0.1, 0.15) is 6.61 Å². The van der Waals surface area contributed by atoms with Crippen LogP contribution in [0.1, 0.15) is 31.2 Å². The number of nitrogens with zero attached hydrogens (tertiary/aromatic N) is 1. The van der Waals surface area contributed by atoms with Gasteiger partial charge in [0.25, 0.3) is 0 Å². The maximum atomic E-state index is 12.3. The summed E-state index contributed by atoms with van der Waals surface area (Å²) in [4.78, 5) is 25.4. The minimum Gasteiger partial charge on any atom is -0.481 e. The highest BCUT2D eigenvalue weighted by Crippen LogP contribution is 2.39. The Hall–Kier alpha value is -2.04. The second kappa shape index (κ2) is 7.02. The lowest BCUT2D eigenvalue weighted by Gasteiger charge is -2.21. The van der Waals surface area contributed by atoms with Crippen molar-refractivity contribution in [2.45, 2.75) is 32.3 Å². The average molecular weight is 317 g/mol. The van der Waals surface area contributed by atoms with Gasteiger partial charge in [-0.15, -0.1) is 0 Å². The molecule has 1 aliphatic carbocycles. The third-order valence-electron chi connectivity index (χ3n) is 5.15. The molecule has 1 aromatic rings. The maximum Gasteiger partial charge on any atom is 0.410 e. The van der Waals surface area contributed by atoms with Gasteiger partial charge < -0.3 is 14.7 Å². The van der Waals surface area contributed by atoms with Gasteiger partial charge in [0.05, 0.1) is 5.92 Å². The van der Waals surface area contributed by atoms with E-state index < -0.39 is 18.0 Å². The molecule has 1 saturated carbocycles. The lowest BCUT2D eigenvalue weighted by atomic mass is 9.83. The molecule has 2 fully saturated rings. The van der Waals surface area contributed by atoms with Crippen LogP contribution in [0.3, 0.4) is 0 Å². The molecule has 1 amide bonds. The summed E-state index contributed by atoms with van der Waals surface area (Å²) in [6.45, 7) is 1.00. The van der Waals surface area contributed by atoms with Gasteiger partial charge in [-0.05, 0) is 17.4 Å². The first-order valence-electron chi connectivity index (χ1n) is 8.33. The van der Waals surface area contributed by atoms with E-state index in [0.29, 0.717) is 12.5 Å². The molecule has 1 aromatic carbocycles. The predicted octanol–water partition coefficient (Wildman–Crippen LogP) is 3.15. The zero-order valence-electron chi connectivity index (χ0n) is 13.2. The number of hydrogen-bond acceptors (Lipinski definition) is 3. The zero-order valence-corrected chi connectivity index (χ0v) is 13.2. The van der Waals surface area contributed by atoms with Crippen LogP contribution in [0.25, 0.3) is 0 Å². The third-order valence-corrected chi connectivity index (χ3v) is 5.15. The van der Waals surface area contributed by atoms with Crippen LogP contribution in [0, 0.1) is 17.8 Å². The van der Waals surface area contributed by atoms with Gasteiger partial charge in [-0.25, -0.2) is 4.79 Å². The van der Waals surface area contributed by atoms with E-state index >= 15 is 0 Å². The Balaban J connectivity index is 1.59. The van der Waals surface area contributed by atoms with Crippen molar-refractivity contribution >= 4 is 12.1 Å². The molecule has 2 atom stereocenters. The Morgan fingerprint density at radius 2 is 1.83 bits per heavy atom. The van der Waals surface area contributed by atoms with Crippen LogP contribution in [0.4, 0.5) is 4.79 Å². The highest BCUT2D eigenvalue weighted by atomic mass is 16.6. The fourth-order valence-electron chi connectivity index (χ4n) is 3.91. The number of hydrogen-bond donors (Lipinski definition) is 1. The topological polar surface area (TPSA) is 66.8 Å². The number of amides is 1. The van der Waals surface area contributed by atoms with Crippen molar-refractivity contribution in [1.82, 2.24) is 4.90 Å². The predicted molar refractivity (Wildman–Crippen MR) is 84.8 cm³/mol. The van der Waals surface area contributed by atoms with Crippen LogP contribution in [0.2, 0.25) is 0 Å². The van der Waals surface area contributed by atoms with Crippen LogP contribution in [0.15, 0.2) is 30.3 Å². The van der Waals surface area contributed by atoms with E-state index in [1.807, 2.05) is 30.3 Å². The van der Waals surface area contributed by atoms with Crippen LogP contribution < -0.4 is 0 Å². The minimum absolute atomic E-state index is 0.0688. The Morgan fingerprint density at radius 1 is 1.13 bits per heavy atom. The van der Waals surface area contributed by atoms with Crippen molar-refractivity contribution in [3.05, 3.63) is 35.9 Å². The van der Waals surface area contributed by atoms with Crippen molar-refractivity contribution in [2.24, 2.45) is 17.8 Å². The number of ether oxygens (including phenoxy) is 1. The van der Waals surface area contributed by atoms with E-state index in [1.54, 1.807) is 4.90 Å². The van der Waals surface area contributed by atoms with E-state index in [1.165, 1.54) is 12.8 Å². The molecule has 0 aromatic heterocycles. The third kappa shape index (κ3) is 3.66. The monoisotopic (exact) mass is 317 g/mol. The molecule has 1 heterocycles. The number of carbonyl (C=O) groups excluding carboxylic acids is 1. The maximum absolute atomic E-state index is 12.3. The zero-order chi connectivity index (χ0) is 16.2. The molecule has 0 bridgehead atoms. The summed E-state index contributed by atoms with van der Waals surface area (Å²) in [5.41, 5.74) is 0.933. The van der Waals surface area contributed by atoms with Gasteiger partial charge in [0.15, 0.2) is 0 Å². The number of aliphatic carboxylic acids is 1. The summed E-state index contributed by atoms with van der Waals surface area (Å²) in [6.07, 6.45) is 4.11. The number of rotatable bonds is 4. The van der Waals surface area contributed by atoms with Crippen LogP contribution in [-0.2, 0) is 16.1 Å². The van der Waals surface area contributed by atoms with Gasteiger partial charge in [-0.2, -0.15) is 0 Å². The molecule has 23 heavy (non-hydrogen) atoms. The van der Waals surface area contributed by atoms with Crippen molar-refractivity contribution in [3.8, 4) is 0 Å². The fourth-order valence-corrected chi connectivity index (χ4v) is 3.91. The molecule has 5 heteroatoms. The first kappa shape index (κ1) is 15.8. The molecular formula is C18H23NO4. The summed E-state index contributed by atoms with van der Waals surface area (Å²) in [5.74, 6) is -0.745. The largest absolute Gasteiger partial charge is 0.481 e. The van der Waals surface area contributed by atoms with Gasteiger partial charge in [-0.3, -0.25) is 4.79 Å². The van der Waals surface area contributed by atoms with Crippen LogP contribution >= 0.6 is 0 Å². The fraction of sp³-hybridized carbons (Fsp3) is 0.556. The van der Waals surface area contributed by atoms with E-state index in [2.05, 4.69) is 0 Å². The van der Waals surface area contributed by atoms with Crippen molar-refractivity contribution in [2.75, 3.05) is 13.1 Å². The highest BCUT2D eigenvalue weighted by Gasteiger charge is 2.44. The van der Waals surface area contributed by atoms with E-state index in [9.17, 15) is 14.7 Å². The van der Waals surface area contributed by atoms with E-state index in [0.717, 1.165) is 18.4 Å². The summed E-state index contributed by atoms with van der Waals surface area (Å²) in [6, 6.07) is 9.51. The molecular weight excluding hydrogens is 294 g/mol. The molecule has 3 rings (SSSR count). The van der Waals surface area contributed by atoms with E-state index in [4.69, 9.17) is 4.74 Å². The second-order valence-corrected chi connectivity index (χ2v) is 6.60. The van der Waals surface area contributed by atoms with Gasteiger partial charge >= 0.3 is 12.1 Å². The van der Waals surface area contributed by atoms with Crippen molar-refractivity contribution in [3.63, 3.8) is 0 Å². The number of carboxylic acids is 1. The molecule has 2 aliphatic rings. The Morgan fingerprint density at radius 3 is 2.48 bits per heavy atom. The number of benzene rings is 1. The summed E-state index contributed by atoms with van der Waals surface area (Å²) in [5, 5.41) is 9.47. The molecule has 5 nitrogen and oxygen atoms in total. The lowest BCUT2D eigenvalue weighted by molar-refractivity contribution is -0.143. The summed E-state index contributed by atoms with van der Waals surface area (Å²) < 4.78 is 5.35. The van der Waals surface area contributed by atoms with Gasteiger partial charge in [0.2, 0.25) is 0 Å². The lowest BCUT2D eigenvalue weighted by Crippen LogP contribution is -2.30. The van der Waals surface area contributed by atoms with Crippen molar-refractivity contribution < 1.29 is 19.4 Å². The molecule has 1 saturated heterocycles. The quantitative estimate of drug-likeness (QED) is 0.926. The molecule has 1 aliphatic heterocycles. The number of carboxylic acid groups (broad SMARTS) is 1. The molecule has 124 valence electrons. The molecule has 1 N–H and O–H groups in total. The van der Waals surface area contributed by atoms with Gasteiger partial charge in [-0.1, -0.05) is 56.0 Å². The smallest absolute Gasteiger partial charge is 0.410 e. The molecule has 0 spiro atoms. The Labute approximate surface area is 136 Å². The first-order chi connectivity index (χ1) is 11.1. The number of likely N-dealkylation sites (tertiary alicyclic amines) is 1. The van der Waals surface area contributed by atoms with Gasteiger partial charge in [0, 0.05) is 13.1 Å². The first-order valence-corrected chi connectivity index (χ1v) is 8.33. The normalized spacial score (nSPS) is 24.8. The van der Waals surface area contributed by atoms with E-state index in [-0.39, 0.29) is 19.1 Å². The average Bonchev–Trinajstić information content (AvgIpc) is 3.22. The standard InChI is InChI=1S/C18H23NO4/c20-17(21)16-11-19(10-15(16)14-8-4-5-9-14)18(22)23-12-13-6-2-1-3-7-13/h1-3,6-7,14-16H,4-5,8-12H2,(H,20,21). The van der Waals surface area contributed by atoms with Crippen LogP contribution in [0.5, 0.6) is 0 Å². The Kier molecular flexibility index (Phi) is 4.84. The summed E-state index contributed by atoms with van der Waals surface area (Å²) in [7, 11) is 0. The highest BCUT2D eigenvalue weighted by molar-refractivity contribution is 5.74. The number of carbonyl (C=O) groups is 2. The van der Waals surface area contributed by atoms with Crippen LogP contribution in [-0.4, -0.2) is 35.2 Å². The Bertz CT molecular complexity index is 553.